The van der Waals surface area contributed by atoms with Gasteiger partial charge in [-0.1, -0.05) is 25.2 Å². The Morgan fingerprint density at radius 1 is 1.17 bits per heavy atom. The number of nitrogens with zero attached hydrogens (tertiary/aromatic N) is 3. The first-order valence-corrected chi connectivity index (χ1v) is 8.73. The molecule has 2 heterocycles. The Labute approximate surface area is 144 Å². The minimum Gasteiger partial charge on any atom is -0.346 e. The fourth-order valence-electron chi connectivity index (χ4n) is 3.01. The maximum absolute atomic E-state index is 12.9. The second kappa shape index (κ2) is 7.12. The van der Waals surface area contributed by atoms with Crippen LogP contribution in [-0.2, 0) is 0 Å². The molecule has 128 valence electrons. The van der Waals surface area contributed by atoms with Crippen LogP contribution < -0.4 is 15.5 Å². The topological polar surface area (TPSA) is 70.2 Å². The number of hydrogen-bond donors (Lipinski definition) is 2. The molecule has 2 N–H and O–H groups in total. The number of nitrogens with one attached hydrogen (secondary N) is 2. The van der Waals surface area contributed by atoms with Crippen LogP contribution in [0.1, 0.15) is 20.3 Å². The maximum Gasteiger partial charge on any atom is 0.325 e. The Bertz CT molecular complexity index is 695. The van der Waals surface area contributed by atoms with Crippen molar-refractivity contribution < 1.29 is 9.18 Å². The third kappa shape index (κ3) is 4.19. The van der Waals surface area contributed by atoms with Crippen LogP contribution in [0.2, 0.25) is 0 Å². The van der Waals surface area contributed by atoms with E-state index in [1.54, 1.807) is 0 Å². The van der Waals surface area contributed by atoms with E-state index in [1.165, 1.54) is 42.0 Å². The van der Waals surface area contributed by atoms with Crippen LogP contribution in [0.25, 0.3) is 0 Å². The van der Waals surface area contributed by atoms with Gasteiger partial charge in [0.05, 0.1) is 0 Å². The molecule has 0 spiro atoms. The Hall–Kier alpha value is -2.22. The van der Waals surface area contributed by atoms with Gasteiger partial charge in [-0.3, -0.25) is 5.32 Å². The van der Waals surface area contributed by atoms with Crippen LogP contribution in [0.3, 0.4) is 0 Å². The lowest BCUT2D eigenvalue weighted by molar-refractivity contribution is 0.262. The molecule has 0 aliphatic carbocycles. The van der Waals surface area contributed by atoms with Crippen molar-refractivity contribution in [2.45, 2.75) is 20.3 Å². The zero-order chi connectivity index (χ0) is 17.1. The highest BCUT2D eigenvalue weighted by Crippen LogP contribution is 2.30. The van der Waals surface area contributed by atoms with Gasteiger partial charge in [-0.05, 0) is 42.5 Å². The Morgan fingerprint density at radius 3 is 2.50 bits per heavy atom. The van der Waals surface area contributed by atoms with E-state index < -0.39 is 6.03 Å². The number of aromatic nitrogens is 2. The summed E-state index contributed by atoms with van der Waals surface area (Å²) in [5, 5.41) is 14.8. The average molecular weight is 349 g/mol. The molecule has 1 aliphatic rings. The van der Waals surface area contributed by atoms with Crippen molar-refractivity contribution in [3.8, 4) is 0 Å². The van der Waals surface area contributed by atoms with Gasteiger partial charge >= 0.3 is 6.03 Å². The third-order valence-electron chi connectivity index (χ3n) is 3.88. The smallest absolute Gasteiger partial charge is 0.325 e. The van der Waals surface area contributed by atoms with Crippen LogP contribution >= 0.6 is 11.3 Å². The summed E-state index contributed by atoms with van der Waals surface area (Å²) in [4.78, 5) is 14.2. The van der Waals surface area contributed by atoms with Crippen molar-refractivity contribution in [3.05, 3.63) is 30.1 Å². The molecular weight excluding hydrogens is 329 g/mol. The molecule has 0 radical (unpaired) electrons. The lowest BCUT2D eigenvalue weighted by Crippen LogP contribution is -2.38. The lowest BCUT2D eigenvalue weighted by atomic mass is 9.92. The zero-order valence-corrected chi connectivity index (χ0v) is 14.4. The van der Waals surface area contributed by atoms with Crippen LogP contribution in [-0.4, -0.2) is 29.3 Å². The second-order valence-electron chi connectivity index (χ2n) is 6.33. The number of hydrogen-bond acceptors (Lipinski definition) is 5. The van der Waals surface area contributed by atoms with E-state index in [2.05, 4.69) is 39.6 Å². The van der Waals surface area contributed by atoms with Gasteiger partial charge in [0, 0.05) is 18.8 Å². The molecule has 2 atom stereocenters. The molecule has 1 aromatic heterocycles. The Balaban J connectivity index is 1.59. The number of anilines is 3. The Morgan fingerprint density at radius 2 is 1.83 bits per heavy atom. The summed E-state index contributed by atoms with van der Waals surface area (Å²) in [6.45, 7) is 6.39. The molecule has 2 aromatic rings. The van der Waals surface area contributed by atoms with E-state index in [1.807, 2.05) is 0 Å². The summed E-state index contributed by atoms with van der Waals surface area (Å²) in [5.74, 6) is 0.895. The highest BCUT2D eigenvalue weighted by molar-refractivity contribution is 7.19. The van der Waals surface area contributed by atoms with Gasteiger partial charge < -0.3 is 10.2 Å². The van der Waals surface area contributed by atoms with E-state index >= 15 is 0 Å². The van der Waals surface area contributed by atoms with E-state index in [4.69, 9.17) is 0 Å². The van der Waals surface area contributed by atoms with Crippen molar-refractivity contribution in [3.63, 3.8) is 0 Å². The van der Waals surface area contributed by atoms with Crippen LogP contribution in [0.5, 0.6) is 0 Å². The summed E-state index contributed by atoms with van der Waals surface area (Å²) in [6, 6.07) is 5.15. The normalized spacial score (nSPS) is 20.7. The average Bonchev–Trinajstić information content (AvgIpc) is 2.97. The number of carbonyl (C=O) groups excluding carboxylic acids is 1. The quantitative estimate of drug-likeness (QED) is 0.884. The first-order valence-electron chi connectivity index (χ1n) is 7.91. The van der Waals surface area contributed by atoms with Gasteiger partial charge in [0.25, 0.3) is 0 Å². The van der Waals surface area contributed by atoms with Crippen molar-refractivity contribution in [2.24, 2.45) is 11.8 Å². The highest BCUT2D eigenvalue weighted by atomic mass is 32.1. The third-order valence-corrected chi connectivity index (χ3v) is 4.78. The summed E-state index contributed by atoms with van der Waals surface area (Å²) < 4.78 is 12.9. The molecular formula is C16H20FN5OS. The van der Waals surface area contributed by atoms with Gasteiger partial charge in [0.1, 0.15) is 5.82 Å². The molecule has 3 rings (SSSR count). The van der Waals surface area contributed by atoms with Gasteiger partial charge in [-0.2, -0.15) is 0 Å². The monoisotopic (exact) mass is 349 g/mol. The predicted molar refractivity (Wildman–Crippen MR) is 94.1 cm³/mol. The number of piperidine rings is 1. The molecule has 0 saturated carbocycles. The Kier molecular flexibility index (Phi) is 4.94. The number of urea groups is 1. The van der Waals surface area contributed by atoms with Crippen molar-refractivity contribution in [1.29, 1.82) is 0 Å². The molecule has 0 bridgehead atoms. The molecule has 2 amide bonds. The molecule has 1 aromatic carbocycles. The van der Waals surface area contributed by atoms with Crippen molar-refractivity contribution in [2.75, 3.05) is 28.6 Å². The van der Waals surface area contributed by atoms with Gasteiger partial charge in [0.15, 0.2) is 0 Å². The fraction of sp³-hybridized carbons (Fsp3) is 0.438. The van der Waals surface area contributed by atoms with E-state index in [0.717, 1.165) is 18.2 Å². The highest BCUT2D eigenvalue weighted by Gasteiger charge is 2.24. The lowest BCUT2D eigenvalue weighted by Gasteiger charge is -2.34. The summed E-state index contributed by atoms with van der Waals surface area (Å²) >= 11 is 1.36. The minimum absolute atomic E-state index is 0.347. The summed E-state index contributed by atoms with van der Waals surface area (Å²) in [6.07, 6.45) is 1.22. The molecule has 1 aliphatic heterocycles. The van der Waals surface area contributed by atoms with Gasteiger partial charge in [0.2, 0.25) is 10.3 Å². The van der Waals surface area contributed by atoms with Gasteiger partial charge in [-0.15, -0.1) is 10.2 Å². The van der Waals surface area contributed by atoms with Gasteiger partial charge in [-0.25, -0.2) is 9.18 Å². The maximum atomic E-state index is 12.9. The molecule has 6 nitrogen and oxygen atoms in total. The minimum atomic E-state index is -0.426. The number of carbonyl (C=O) groups is 1. The van der Waals surface area contributed by atoms with Crippen LogP contribution in [0.15, 0.2) is 24.3 Å². The number of halogens is 1. The predicted octanol–water partition coefficient (Wildman–Crippen LogP) is 3.80. The fourth-order valence-corrected chi connectivity index (χ4v) is 3.76. The van der Waals surface area contributed by atoms with E-state index in [-0.39, 0.29) is 5.82 Å². The van der Waals surface area contributed by atoms with Crippen molar-refractivity contribution >= 4 is 33.3 Å². The molecule has 0 unspecified atom stereocenters. The van der Waals surface area contributed by atoms with Crippen molar-refractivity contribution in [1.82, 2.24) is 10.2 Å². The number of benzene rings is 1. The largest absolute Gasteiger partial charge is 0.346 e. The molecule has 1 fully saturated rings. The first-order chi connectivity index (χ1) is 11.5. The first kappa shape index (κ1) is 16.6. The summed E-state index contributed by atoms with van der Waals surface area (Å²) in [5.41, 5.74) is 0.511. The standard InChI is InChI=1S/C16H20FN5OS/c1-10-7-11(2)9-22(8-10)16-21-20-15(24-16)19-14(23)18-13-5-3-12(17)4-6-13/h3-6,10-11H,7-9H2,1-2H3,(H2,18,19,20,23)/t10-,11+. The zero-order valence-electron chi connectivity index (χ0n) is 13.6. The van der Waals surface area contributed by atoms with E-state index in [0.29, 0.717) is 22.7 Å². The van der Waals surface area contributed by atoms with Crippen LogP contribution in [0, 0.1) is 17.7 Å². The summed E-state index contributed by atoms with van der Waals surface area (Å²) in [7, 11) is 0. The number of rotatable bonds is 3. The van der Waals surface area contributed by atoms with E-state index in [9.17, 15) is 9.18 Å². The number of amides is 2. The SMILES string of the molecule is C[C@@H]1C[C@H](C)CN(c2nnc(NC(=O)Nc3ccc(F)cc3)s2)C1. The second-order valence-corrected chi connectivity index (χ2v) is 7.28. The molecule has 1 saturated heterocycles. The molecule has 24 heavy (non-hydrogen) atoms. The van der Waals surface area contributed by atoms with Crippen LogP contribution in [0.4, 0.5) is 25.1 Å². The molecule has 8 heteroatoms.